The average Bonchev–Trinajstić information content (AvgIpc) is 1.60. The van der Waals surface area contributed by atoms with Crippen LogP contribution >= 0.6 is 0 Å². The summed E-state index contributed by atoms with van der Waals surface area (Å²) in [5.74, 6) is 0. The summed E-state index contributed by atoms with van der Waals surface area (Å²) in [5, 5.41) is 8.67. The Kier molecular flexibility index (Phi) is 2.80. The fraction of sp³-hybridized carbons (Fsp3) is 1.00. The van der Waals surface area contributed by atoms with E-state index in [2.05, 4.69) is 0 Å². The van der Waals surface area contributed by atoms with Crippen molar-refractivity contribution in [1.82, 2.24) is 0 Å². The summed E-state index contributed by atoms with van der Waals surface area (Å²) in [6, 6.07) is 0. The lowest BCUT2D eigenvalue weighted by molar-refractivity contribution is 0.116. The van der Waals surface area contributed by atoms with Crippen LogP contribution < -0.4 is 5.73 Å². The highest BCUT2D eigenvalue weighted by Gasteiger charge is 2.27. The Morgan fingerprint density at radius 3 is 1.90 bits per heavy atom. The Morgan fingerprint density at radius 1 is 1.40 bits per heavy atom. The molecule has 0 fully saturated rings. The number of halogens is 1. The van der Waals surface area contributed by atoms with E-state index in [-0.39, 0.29) is 13.0 Å². The van der Waals surface area contributed by atoms with Gasteiger partial charge in [0.2, 0.25) is 0 Å². The number of hydrogen-bond acceptors (Lipinski definition) is 2. The minimum Gasteiger partial charge on any atom is -0.394 e. The molecule has 0 rings (SSSR count). The van der Waals surface area contributed by atoms with Crippen molar-refractivity contribution in [3.05, 3.63) is 0 Å². The first-order valence-corrected chi connectivity index (χ1v) is 3.35. The van der Waals surface area contributed by atoms with Crippen LogP contribution in [-0.2, 0) is 0 Å². The van der Waals surface area contributed by atoms with Crippen molar-refractivity contribution in [3.8, 4) is 0 Å². The van der Waals surface area contributed by atoms with E-state index in [9.17, 15) is 4.39 Å². The molecular formula is C7H16FNO. The molecule has 0 aromatic rings. The van der Waals surface area contributed by atoms with Gasteiger partial charge in [0.05, 0.1) is 6.61 Å². The molecule has 0 aromatic carbocycles. The van der Waals surface area contributed by atoms with Crippen LogP contribution in [0.5, 0.6) is 0 Å². The van der Waals surface area contributed by atoms with Crippen molar-refractivity contribution >= 4 is 0 Å². The molecule has 0 bridgehead atoms. The average molecular weight is 149 g/mol. The van der Waals surface area contributed by atoms with Gasteiger partial charge in [0.15, 0.2) is 0 Å². The van der Waals surface area contributed by atoms with E-state index < -0.39 is 11.2 Å². The largest absolute Gasteiger partial charge is 0.394 e. The molecule has 0 amide bonds. The Morgan fingerprint density at radius 2 is 1.80 bits per heavy atom. The highest BCUT2D eigenvalue weighted by atomic mass is 19.1. The van der Waals surface area contributed by atoms with Gasteiger partial charge in [-0.2, -0.15) is 0 Å². The number of hydrogen-bond donors (Lipinski definition) is 2. The monoisotopic (exact) mass is 149 g/mol. The van der Waals surface area contributed by atoms with Gasteiger partial charge >= 0.3 is 0 Å². The van der Waals surface area contributed by atoms with Crippen LogP contribution in [0, 0.1) is 0 Å². The molecule has 10 heavy (non-hydrogen) atoms. The zero-order valence-corrected chi connectivity index (χ0v) is 6.82. The summed E-state index contributed by atoms with van der Waals surface area (Å²) in [7, 11) is 0. The summed E-state index contributed by atoms with van der Waals surface area (Å²) in [4.78, 5) is 0. The van der Waals surface area contributed by atoms with E-state index in [4.69, 9.17) is 10.8 Å². The molecule has 0 spiro atoms. The first-order chi connectivity index (χ1) is 4.27. The molecule has 1 unspecified atom stereocenters. The molecular weight excluding hydrogens is 133 g/mol. The maximum Gasteiger partial charge on any atom is 0.107 e. The highest BCUT2D eigenvalue weighted by molar-refractivity contribution is 4.85. The molecule has 3 N–H and O–H groups in total. The molecule has 0 aliphatic rings. The molecule has 0 radical (unpaired) electrons. The summed E-state index contributed by atoms with van der Waals surface area (Å²) < 4.78 is 12.9. The van der Waals surface area contributed by atoms with E-state index in [0.29, 0.717) is 0 Å². The van der Waals surface area contributed by atoms with Crippen molar-refractivity contribution in [2.75, 3.05) is 6.61 Å². The van der Waals surface area contributed by atoms with Crippen LogP contribution in [-0.4, -0.2) is 22.9 Å². The first-order valence-electron chi connectivity index (χ1n) is 3.35. The quantitative estimate of drug-likeness (QED) is 0.624. The molecule has 0 aliphatic heterocycles. The predicted molar refractivity (Wildman–Crippen MR) is 39.5 cm³/mol. The zero-order chi connectivity index (χ0) is 8.41. The van der Waals surface area contributed by atoms with Crippen LogP contribution in [0.25, 0.3) is 0 Å². The summed E-state index contributed by atoms with van der Waals surface area (Å²) >= 11 is 0. The molecule has 0 heterocycles. The summed E-state index contributed by atoms with van der Waals surface area (Å²) in [6.07, 6.45) is 0.177. The maximum atomic E-state index is 12.9. The van der Waals surface area contributed by atoms with Crippen LogP contribution in [0.2, 0.25) is 0 Å². The number of rotatable bonds is 3. The third kappa shape index (κ3) is 4.70. The van der Waals surface area contributed by atoms with Gasteiger partial charge in [-0.1, -0.05) is 0 Å². The molecule has 2 nitrogen and oxygen atoms in total. The Hall–Kier alpha value is -0.150. The van der Waals surface area contributed by atoms with Gasteiger partial charge in [0.25, 0.3) is 0 Å². The highest BCUT2D eigenvalue weighted by Crippen LogP contribution is 2.20. The molecule has 1 atom stereocenters. The van der Waals surface area contributed by atoms with E-state index in [1.54, 1.807) is 6.92 Å². The SMILES string of the molecule is CC(C)(F)CC(C)(N)CO. The number of alkyl halides is 1. The van der Waals surface area contributed by atoms with Crippen LogP contribution in [0.15, 0.2) is 0 Å². The number of aliphatic hydroxyl groups excluding tert-OH is 1. The summed E-state index contributed by atoms with van der Waals surface area (Å²) in [5.41, 5.74) is 3.42. The minimum absolute atomic E-state index is 0.177. The van der Waals surface area contributed by atoms with Gasteiger partial charge in [-0.15, -0.1) is 0 Å². The molecule has 0 aliphatic carbocycles. The van der Waals surface area contributed by atoms with Gasteiger partial charge in [-0.3, -0.25) is 0 Å². The van der Waals surface area contributed by atoms with Crippen molar-refractivity contribution in [2.24, 2.45) is 5.73 Å². The Bertz CT molecular complexity index is 107. The Labute approximate surface area is 61.2 Å². The second-order valence-corrected chi connectivity index (χ2v) is 3.71. The van der Waals surface area contributed by atoms with E-state index in [0.717, 1.165) is 0 Å². The fourth-order valence-corrected chi connectivity index (χ4v) is 1.02. The zero-order valence-electron chi connectivity index (χ0n) is 6.82. The Balaban J connectivity index is 3.89. The predicted octanol–water partition coefficient (Wildman–Crippen LogP) is 0.834. The smallest absolute Gasteiger partial charge is 0.107 e. The standard InChI is InChI=1S/C7H16FNO/c1-6(2,8)4-7(3,9)5-10/h10H,4-5,9H2,1-3H3. The second kappa shape index (κ2) is 2.84. The third-order valence-electron chi connectivity index (χ3n) is 1.19. The molecule has 0 saturated carbocycles. The molecule has 62 valence electrons. The van der Waals surface area contributed by atoms with Crippen molar-refractivity contribution in [2.45, 2.75) is 38.4 Å². The lowest BCUT2D eigenvalue weighted by atomic mass is 9.91. The van der Waals surface area contributed by atoms with Gasteiger partial charge in [-0.25, -0.2) is 4.39 Å². The minimum atomic E-state index is -1.30. The second-order valence-electron chi connectivity index (χ2n) is 3.71. The van der Waals surface area contributed by atoms with Gasteiger partial charge < -0.3 is 10.8 Å². The molecule has 3 heteroatoms. The molecule has 0 saturated heterocycles. The number of nitrogens with two attached hydrogens (primary N) is 1. The van der Waals surface area contributed by atoms with Crippen molar-refractivity contribution in [1.29, 1.82) is 0 Å². The number of aliphatic hydroxyl groups is 1. The molecule has 0 aromatic heterocycles. The van der Waals surface area contributed by atoms with E-state index in [1.165, 1.54) is 13.8 Å². The van der Waals surface area contributed by atoms with Gasteiger partial charge in [0.1, 0.15) is 5.67 Å². The normalized spacial score (nSPS) is 18.6. The van der Waals surface area contributed by atoms with Gasteiger partial charge in [-0.05, 0) is 20.8 Å². The topological polar surface area (TPSA) is 46.2 Å². The van der Waals surface area contributed by atoms with Gasteiger partial charge in [0, 0.05) is 12.0 Å². The lowest BCUT2D eigenvalue weighted by Gasteiger charge is -2.27. The lowest BCUT2D eigenvalue weighted by Crippen LogP contribution is -2.44. The van der Waals surface area contributed by atoms with E-state index >= 15 is 0 Å². The summed E-state index contributed by atoms with van der Waals surface area (Å²) in [6.45, 7) is 4.36. The van der Waals surface area contributed by atoms with E-state index in [1.807, 2.05) is 0 Å². The third-order valence-corrected chi connectivity index (χ3v) is 1.19. The fourth-order valence-electron chi connectivity index (χ4n) is 1.02. The first kappa shape index (κ1) is 9.85. The van der Waals surface area contributed by atoms with Crippen LogP contribution in [0.3, 0.4) is 0 Å². The van der Waals surface area contributed by atoms with Crippen LogP contribution in [0.4, 0.5) is 4.39 Å². The van der Waals surface area contributed by atoms with Crippen molar-refractivity contribution in [3.63, 3.8) is 0 Å². The van der Waals surface area contributed by atoms with Crippen LogP contribution in [0.1, 0.15) is 27.2 Å². The maximum absolute atomic E-state index is 12.9. The van der Waals surface area contributed by atoms with Crippen molar-refractivity contribution < 1.29 is 9.50 Å².